The Kier molecular flexibility index (Phi) is 7.01. The molecule has 0 spiro atoms. The van der Waals surface area contributed by atoms with E-state index in [-0.39, 0.29) is 6.04 Å². The highest BCUT2D eigenvalue weighted by Gasteiger charge is 2.22. The molecule has 0 saturated heterocycles. The monoisotopic (exact) mass is 434 g/mol. The van der Waals surface area contributed by atoms with E-state index in [0.717, 1.165) is 34.9 Å². The Morgan fingerprint density at radius 3 is 2.75 bits per heavy atom. The van der Waals surface area contributed by atoms with E-state index in [4.69, 9.17) is 9.73 Å². The highest BCUT2D eigenvalue weighted by molar-refractivity contribution is 5.80. The van der Waals surface area contributed by atoms with E-state index < -0.39 is 6.10 Å². The lowest BCUT2D eigenvalue weighted by Gasteiger charge is -2.28. The third kappa shape index (κ3) is 5.26. The molecule has 0 fully saturated rings. The van der Waals surface area contributed by atoms with Gasteiger partial charge in [0.15, 0.2) is 11.8 Å². The van der Waals surface area contributed by atoms with Crippen LogP contribution in [0.3, 0.4) is 0 Å². The molecule has 0 saturated carbocycles. The summed E-state index contributed by atoms with van der Waals surface area (Å²) < 4.78 is 7.72. The number of hydrogen-bond acceptors (Lipinski definition) is 5. The number of nitrogens with zero attached hydrogens (tertiary/aromatic N) is 4. The summed E-state index contributed by atoms with van der Waals surface area (Å²) >= 11 is 0. The van der Waals surface area contributed by atoms with Gasteiger partial charge in [-0.05, 0) is 25.0 Å². The predicted molar refractivity (Wildman–Crippen MR) is 123 cm³/mol. The summed E-state index contributed by atoms with van der Waals surface area (Å²) in [6.45, 7) is 3.54. The maximum atomic E-state index is 10.5. The van der Waals surface area contributed by atoms with Gasteiger partial charge in [0.25, 0.3) is 0 Å². The summed E-state index contributed by atoms with van der Waals surface area (Å²) in [5, 5.41) is 25.7. The number of aliphatic hydroxyl groups excluding tert-OH is 1. The number of aryl methyl sites for hydroxylation is 1. The van der Waals surface area contributed by atoms with Crippen molar-refractivity contribution in [1.82, 2.24) is 25.4 Å². The van der Waals surface area contributed by atoms with Gasteiger partial charge in [0.2, 0.25) is 0 Å². The Morgan fingerprint density at radius 2 is 1.97 bits per heavy atom. The van der Waals surface area contributed by atoms with E-state index in [9.17, 15) is 5.11 Å². The second-order valence-electron chi connectivity index (χ2n) is 7.90. The fourth-order valence-corrected chi connectivity index (χ4v) is 3.72. The number of nitrogens with one attached hydrogen (secondary N) is 2. The van der Waals surface area contributed by atoms with Crippen molar-refractivity contribution in [2.45, 2.75) is 38.5 Å². The Balaban J connectivity index is 1.45. The molecule has 4 rings (SSSR count). The molecule has 1 aliphatic heterocycles. The van der Waals surface area contributed by atoms with Crippen molar-refractivity contribution >= 4 is 5.96 Å². The predicted octanol–water partition coefficient (Wildman–Crippen LogP) is 2.81. The summed E-state index contributed by atoms with van der Waals surface area (Å²) in [5.41, 5.74) is 2.03. The van der Waals surface area contributed by atoms with Crippen LogP contribution in [0.1, 0.15) is 47.8 Å². The van der Waals surface area contributed by atoms with Crippen molar-refractivity contribution in [3.8, 4) is 5.75 Å². The molecule has 0 amide bonds. The van der Waals surface area contributed by atoms with E-state index in [1.807, 2.05) is 67.1 Å². The molecule has 2 atom stereocenters. The zero-order valence-corrected chi connectivity index (χ0v) is 18.5. The lowest BCUT2D eigenvalue weighted by molar-refractivity contribution is 0.168. The molecule has 3 N–H and O–H groups in total. The van der Waals surface area contributed by atoms with Gasteiger partial charge >= 0.3 is 0 Å². The molecule has 0 radical (unpaired) electrons. The Hall–Kier alpha value is -3.39. The molecule has 8 nitrogen and oxygen atoms in total. The Morgan fingerprint density at radius 1 is 1.19 bits per heavy atom. The number of fused-ring (bicyclic) bond motifs is 1. The average Bonchev–Trinajstić information content (AvgIpc) is 3.15. The third-order valence-electron chi connectivity index (χ3n) is 5.73. The third-order valence-corrected chi connectivity index (χ3v) is 5.73. The van der Waals surface area contributed by atoms with Gasteiger partial charge in [-0.1, -0.05) is 48.5 Å². The van der Waals surface area contributed by atoms with Crippen molar-refractivity contribution in [3.05, 3.63) is 77.4 Å². The topological polar surface area (TPSA) is 96.6 Å². The molecule has 2 aromatic carbocycles. The number of guanidine groups is 1. The van der Waals surface area contributed by atoms with Crippen LogP contribution in [-0.4, -0.2) is 39.0 Å². The maximum Gasteiger partial charge on any atom is 0.192 e. The summed E-state index contributed by atoms with van der Waals surface area (Å²) in [4.78, 5) is 4.75. The summed E-state index contributed by atoms with van der Waals surface area (Å²) in [5.74, 6) is 3.22. The van der Waals surface area contributed by atoms with Crippen molar-refractivity contribution in [1.29, 1.82) is 0 Å². The average molecular weight is 435 g/mol. The van der Waals surface area contributed by atoms with Gasteiger partial charge in [-0.25, -0.2) is 4.99 Å². The molecule has 0 bridgehead atoms. The number of ether oxygens (including phenoxy) is 1. The van der Waals surface area contributed by atoms with Crippen molar-refractivity contribution in [2.75, 3.05) is 13.2 Å². The van der Waals surface area contributed by atoms with Crippen LogP contribution in [0, 0.1) is 6.92 Å². The fourth-order valence-electron chi connectivity index (χ4n) is 3.72. The van der Waals surface area contributed by atoms with Gasteiger partial charge < -0.3 is 25.0 Å². The standard InChI is InChI=1S/C24H30N6O2/c1-17-28-29-23(30(17)2)16-26-24(25-14-12-21(31)18-8-4-3-5-9-18)27-20-13-15-32-22-11-7-6-10-19(20)22/h3-11,20-21,31H,12-16H2,1-2H3,(H2,25,26,27). The van der Waals surface area contributed by atoms with E-state index in [1.54, 1.807) is 0 Å². The zero-order valence-electron chi connectivity index (χ0n) is 18.5. The minimum atomic E-state index is -0.532. The number of aromatic nitrogens is 3. The van der Waals surface area contributed by atoms with Gasteiger partial charge in [0.1, 0.15) is 18.1 Å². The van der Waals surface area contributed by atoms with Crippen LogP contribution in [0.15, 0.2) is 59.6 Å². The lowest BCUT2D eigenvalue weighted by atomic mass is 10.0. The second-order valence-corrected chi connectivity index (χ2v) is 7.90. The van der Waals surface area contributed by atoms with E-state index in [2.05, 4.69) is 26.9 Å². The molecule has 3 aromatic rings. The quantitative estimate of drug-likeness (QED) is 0.391. The normalized spacial score (nSPS) is 16.7. The van der Waals surface area contributed by atoms with Gasteiger partial charge in [0, 0.05) is 25.6 Å². The Bertz CT molecular complexity index is 1050. The highest BCUT2D eigenvalue weighted by Crippen LogP contribution is 2.31. The SMILES string of the molecule is Cc1nnc(CN=C(NCCC(O)c2ccccc2)NC2CCOc3ccccc32)n1C. The van der Waals surface area contributed by atoms with Gasteiger partial charge in [-0.3, -0.25) is 0 Å². The van der Waals surface area contributed by atoms with Crippen LogP contribution in [0.2, 0.25) is 0 Å². The van der Waals surface area contributed by atoms with Crippen molar-refractivity contribution in [2.24, 2.45) is 12.0 Å². The number of hydrogen-bond donors (Lipinski definition) is 3. The smallest absolute Gasteiger partial charge is 0.192 e. The van der Waals surface area contributed by atoms with E-state index in [1.165, 1.54) is 0 Å². The van der Waals surface area contributed by atoms with Gasteiger partial charge in [-0.2, -0.15) is 0 Å². The van der Waals surface area contributed by atoms with E-state index >= 15 is 0 Å². The maximum absolute atomic E-state index is 10.5. The van der Waals surface area contributed by atoms with Crippen LogP contribution in [0.5, 0.6) is 5.75 Å². The highest BCUT2D eigenvalue weighted by atomic mass is 16.5. The molecule has 8 heteroatoms. The number of benzene rings is 2. The molecular weight excluding hydrogens is 404 g/mol. The van der Waals surface area contributed by atoms with Crippen LogP contribution < -0.4 is 15.4 Å². The minimum absolute atomic E-state index is 0.0893. The lowest BCUT2D eigenvalue weighted by Crippen LogP contribution is -2.41. The Labute approximate surface area is 188 Å². The first-order valence-corrected chi connectivity index (χ1v) is 11.0. The van der Waals surface area contributed by atoms with Crippen LogP contribution in [0.4, 0.5) is 0 Å². The van der Waals surface area contributed by atoms with Crippen molar-refractivity contribution in [3.63, 3.8) is 0 Å². The number of aliphatic hydroxyl groups is 1. The first-order chi connectivity index (χ1) is 15.6. The number of para-hydroxylation sites is 1. The first kappa shape index (κ1) is 21.8. The summed E-state index contributed by atoms with van der Waals surface area (Å²) in [6, 6.07) is 17.9. The second kappa shape index (κ2) is 10.3. The van der Waals surface area contributed by atoms with Crippen LogP contribution in [0.25, 0.3) is 0 Å². The first-order valence-electron chi connectivity index (χ1n) is 11.0. The van der Waals surface area contributed by atoms with Crippen LogP contribution >= 0.6 is 0 Å². The molecule has 2 heterocycles. The number of rotatable bonds is 7. The summed E-state index contributed by atoms with van der Waals surface area (Å²) in [7, 11) is 1.94. The molecule has 2 unspecified atom stereocenters. The molecular formula is C24H30N6O2. The van der Waals surface area contributed by atoms with Crippen LogP contribution in [-0.2, 0) is 13.6 Å². The number of aliphatic imine (C=N–C) groups is 1. The van der Waals surface area contributed by atoms with E-state index in [0.29, 0.717) is 32.1 Å². The molecule has 1 aromatic heterocycles. The van der Waals surface area contributed by atoms with Gasteiger partial charge in [0.05, 0.1) is 18.8 Å². The molecule has 0 aliphatic carbocycles. The minimum Gasteiger partial charge on any atom is -0.493 e. The van der Waals surface area contributed by atoms with Gasteiger partial charge in [-0.15, -0.1) is 10.2 Å². The largest absolute Gasteiger partial charge is 0.493 e. The summed E-state index contributed by atoms with van der Waals surface area (Å²) in [6.07, 6.45) is 0.876. The fraction of sp³-hybridized carbons (Fsp3) is 0.375. The zero-order chi connectivity index (χ0) is 22.3. The van der Waals surface area contributed by atoms with Crippen molar-refractivity contribution < 1.29 is 9.84 Å². The molecule has 168 valence electrons. The molecule has 1 aliphatic rings. The molecule has 32 heavy (non-hydrogen) atoms.